The van der Waals surface area contributed by atoms with Gasteiger partial charge in [-0.3, -0.25) is 19.7 Å². The molecule has 2 unspecified atom stereocenters. The van der Waals surface area contributed by atoms with Crippen LogP contribution in [0.4, 0.5) is 0 Å². The number of aliphatic hydroxyl groups is 1. The molecule has 12 heteroatoms. The highest BCUT2D eigenvalue weighted by atomic mass is 16.5. The maximum absolute atomic E-state index is 9.99. The first-order chi connectivity index (χ1) is 18.8. The van der Waals surface area contributed by atoms with Crippen molar-refractivity contribution < 1.29 is 14.6 Å². The number of aromatic nitrogens is 7. The summed E-state index contributed by atoms with van der Waals surface area (Å²) in [6.07, 6.45) is 5.41. The van der Waals surface area contributed by atoms with Gasteiger partial charge in [0, 0.05) is 25.5 Å². The average molecular weight is 532 g/mol. The predicted molar refractivity (Wildman–Crippen MR) is 146 cm³/mol. The molecule has 2 atom stereocenters. The van der Waals surface area contributed by atoms with E-state index in [1.165, 1.54) is 0 Å². The number of aryl methyl sites for hydroxylation is 2. The second kappa shape index (κ2) is 10.9. The fourth-order valence-electron chi connectivity index (χ4n) is 4.97. The van der Waals surface area contributed by atoms with Gasteiger partial charge in [0.05, 0.1) is 58.3 Å². The smallest absolute Gasteiger partial charge is 0.241 e. The molecule has 2 N–H and O–H groups in total. The Morgan fingerprint density at radius 2 is 2.15 bits per heavy atom. The van der Waals surface area contributed by atoms with Crippen LogP contribution in [0.1, 0.15) is 49.5 Å². The summed E-state index contributed by atoms with van der Waals surface area (Å²) in [6.45, 7) is 9.65. The van der Waals surface area contributed by atoms with Crippen LogP contribution in [0.25, 0.3) is 34.3 Å². The van der Waals surface area contributed by atoms with E-state index in [-0.39, 0.29) is 25.4 Å². The third kappa shape index (κ3) is 4.98. The van der Waals surface area contributed by atoms with E-state index in [1.807, 2.05) is 52.1 Å². The van der Waals surface area contributed by atoms with Gasteiger partial charge in [0.2, 0.25) is 11.8 Å². The van der Waals surface area contributed by atoms with Gasteiger partial charge in [-0.15, -0.1) is 5.10 Å². The Kier molecular flexibility index (Phi) is 7.36. The van der Waals surface area contributed by atoms with E-state index >= 15 is 0 Å². The molecule has 1 aliphatic heterocycles. The van der Waals surface area contributed by atoms with Crippen molar-refractivity contribution in [3.63, 3.8) is 0 Å². The van der Waals surface area contributed by atoms with E-state index in [1.54, 1.807) is 15.6 Å². The molecule has 4 aromatic rings. The number of fused-ring (bicyclic) bond motifs is 4. The number of rotatable bonds is 5. The lowest BCUT2D eigenvalue weighted by Gasteiger charge is -2.26. The molecule has 39 heavy (non-hydrogen) atoms. The monoisotopic (exact) mass is 531 g/mol. The molecule has 5 rings (SSSR count). The second-order valence-corrected chi connectivity index (χ2v) is 9.79. The van der Waals surface area contributed by atoms with Gasteiger partial charge in [-0.05, 0) is 45.5 Å². The first-order valence-corrected chi connectivity index (χ1v) is 13.0. The van der Waals surface area contributed by atoms with E-state index in [4.69, 9.17) is 19.7 Å². The summed E-state index contributed by atoms with van der Waals surface area (Å²) in [5.74, 6) is 0.995. The summed E-state index contributed by atoms with van der Waals surface area (Å²) in [5, 5.41) is 36.9. The van der Waals surface area contributed by atoms with E-state index in [0.717, 1.165) is 45.7 Å². The minimum absolute atomic E-state index is 0.0937. The summed E-state index contributed by atoms with van der Waals surface area (Å²) in [5.41, 5.74) is 5.54. The van der Waals surface area contributed by atoms with Crippen LogP contribution in [0, 0.1) is 18.3 Å². The van der Waals surface area contributed by atoms with Crippen LogP contribution in [0.5, 0.6) is 11.8 Å². The summed E-state index contributed by atoms with van der Waals surface area (Å²) in [6, 6.07) is 3.72. The van der Waals surface area contributed by atoms with Crippen molar-refractivity contribution >= 4 is 23.1 Å². The van der Waals surface area contributed by atoms with Crippen molar-refractivity contribution in [2.45, 2.75) is 46.4 Å². The maximum Gasteiger partial charge on any atom is 0.241 e. The maximum atomic E-state index is 9.99. The predicted octanol–water partition coefficient (Wildman–Crippen LogP) is 3.09. The zero-order valence-electron chi connectivity index (χ0n) is 22.8. The van der Waals surface area contributed by atoms with E-state index in [2.05, 4.69) is 32.2 Å². The minimum Gasteiger partial charge on any atom is -0.473 e. The first kappa shape index (κ1) is 26.4. The Bertz CT molecular complexity index is 1560. The summed E-state index contributed by atoms with van der Waals surface area (Å²) in [4.78, 5) is 6.94. The molecule has 204 valence electrons. The van der Waals surface area contributed by atoms with Crippen LogP contribution in [-0.4, -0.2) is 77.2 Å². The van der Waals surface area contributed by atoms with Gasteiger partial charge in [-0.1, -0.05) is 6.92 Å². The molecule has 5 heterocycles. The second-order valence-electron chi connectivity index (χ2n) is 9.79. The van der Waals surface area contributed by atoms with Gasteiger partial charge < -0.3 is 14.6 Å². The van der Waals surface area contributed by atoms with E-state index in [9.17, 15) is 5.11 Å². The Hall–Kier alpha value is -4.21. The van der Waals surface area contributed by atoms with E-state index in [0.29, 0.717) is 30.5 Å². The number of likely N-dealkylation sites (N-methyl/N-ethyl adjacent to an activating group) is 1. The molecule has 4 aromatic heterocycles. The highest BCUT2D eigenvalue weighted by Crippen LogP contribution is 2.35. The Balaban J connectivity index is 1.73. The van der Waals surface area contributed by atoms with Gasteiger partial charge in [-0.2, -0.15) is 15.5 Å². The standard InChI is InChI=1S/C27H33N9O3/c1-6-35-13-17(3)39-27-25(18(4)32-34(27)5)22-11-20-21(30-31-23(20)12-29-22)8-7-19-24(14-35)36(16(2)15-37)33-26(19)38-10-9-28/h7-8,11-12,16-17,37H,6,10,13-15H2,1-5H3,(H,30,31)/b8-7+. The largest absolute Gasteiger partial charge is 0.473 e. The summed E-state index contributed by atoms with van der Waals surface area (Å²) in [7, 11) is 1.87. The number of pyridine rings is 1. The number of hydrogen-bond donors (Lipinski definition) is 2. The Morgan fingerprint density at radius 3 is 2.90 bits per heavy atom. The minimum atomic E-state index is -0.291. The quantitative estimate of drug-likeness (QED) is 0.397. The number of nitriles is 1. The lowest BCUT2D eigenvalue weighted by atomic mass is 10.1. The average Bonchev–Trinajstić information content (AvgIpc) is 3.57. The summed E-state index contributed by atoms with van der Waals surface area (Å²) < 4.78 is 15.8. The van der Waals surface area contributed by atoms with Crippen molar-refractivity contribution in [1.29, 1.82) is 5.26 Å². The fourth-order valence-corrected chi connectivity index (χ4v) is 4.97. The Labute approximate surface area is 226 Å². The van der Waals surface area contributed by atoms with Crippen LogP contribution in [0.3, 0.4) is 0 Å². The van der Waals surface area contributed by atoms with Crippen LogP contribution in [0.2, 0.25) is 0 Å². The molecule has 0 aliphatic carbocycles. The highest BCUT2D eigenvalue weighted by molar-refractivity contribution is 5.92. The van der Waals surface area contributed by atoms with Crippen LogP contribution < -0.4 is 9.47 Å². The molecule has 0 radical (unpaired) electrons. The molecule has 2 bridgehead atoms. The van der Waals surface area contributed by atoms with Gasteiger partial charge in [0.1, 0.15) is 12.2 Å². The highest BCUT2D eigenvalue weighted by Gasteiger charge is 2.26. The van der Waals surface area contributed by atoms with Crippen molar-refractivity contribution in [3.8, 4) is 29.1 Å². The molecule has 0 fully saturated rings. The zero-order valence-corrected chi connectivity index (χ0v) is 22.8. The molecule has 12 nitrogen and oxygen atoms in total. The summed E-state index contributed by atoms with van der Waals surface area (Å²) >= 11 is 0. The first-order valence-electron chi connectivity index (χ1n) is 13.0. The van der Waals surface area contributed by atoms with E-state index < -0.39 is 0 Å². The number of nitrogens with zero attached hydrogens (tertiary/aromatic N) is 8. The molecular formula is C27H33N9O3. The SMILES string of the molecule is CCN1Cc2c(c(OCC#N)nn2C(C)CO)/C=C/c2n[nH]c3cnc(cc23)-c2c(C)nn(C)c2OC(C)C1. The third-order valence-corrected chi connectivity index (χ3v) is 6.93. The molecule has 0 saturated heterocycles. The van der Waals surface area contributed by atoms with Crippen LogP contribution in [-0.2, 0) is 13.6 Å². The fraction of sp³-hybridized carbons (Fsp3) is 0.444. The molecule has 0 amide bonds. The van der Waals surface area contributed by atoms with Gasteiger partial charge in [0.25, 0.3) is 0 Å². The number of aliphatic hydroxyl groups excluding tert-OH is 1. The Morgan fingerprint density at radius 1 is 1.33 bits per heavy atom. The van der Waals surface area contributed by atoms with Crippen LogP contribution >= 0.6 is 0 Å². The van der Waals surface area contributed by atoms with Crippen LogP contribution in [0.15, 0.2) is 12.3 Å². The molecule has 0 saturated carbocycles. The number of H-pyrrole nitrogens is 1. The van der Waals surface area contributed by atoms with Crippen molar-refractivity contribution in [2.24, 2.45) is 7.05 Å². The van der Waals surface area contributed by atoms with Gasteiger partial charge in [-0.25, -0.2) is 4.68 Å². The lowest BCUT2D eigenvalue weighted by Crippen LogP contribution is -2.35. The molecule has 0 aromatic carbocycles. The number of hydrogen-bond acceptors (Lipinski definition) is 9. The number of aromatic amines is 1. The van der Waals surface area contributed by atoms with Crippen molar-refractivity contribution in [1.82, 2.24) is 39.6 Å². The number of ether oxygens (including phenoxy) is 2. The lowest BCUT2D eigenvalue weighted by molar-refractivity contribution is 0.132. The third-order valence-electron chi connectivity index (χ3n) is 6.93. The van der Waals surface area contributed by atoms with Gasteiger partial charge in [0.15, 0.2) is 6.61 Å². The van der Waals surface area contributed by atoms with Crippen molar-refractivity contribution in [3.05, 3.63) is 34.9 Å². The molecular weight excluding hydrogens is 498 g/mol. The van der Waals surface area contributed by atoms with Gasteiger partial charge >= 0.3 is 0 Å². The molecule has 1 aliphatic rings. The zero-order chi connectivity index (χ0) is 27.7. The normalized spacial score (nSPS) is 17.5. The molecule has 0 spiro atoms. The topological polar surface area (TPSA) is 143 Å². The van der Waals surface area contributed by atoms with Crippen molar-refractivity contribution in [2.75, 3.05) is 26.3 Å². The number of nitrogens with one attached hydrogen (secondary N) is 1.